The number of H-pyrrole nitrogens is 1. The van der Waals surface area contributed by atoms with Gasteiger partial charge in [0, 0.05) is 16.3 Å². The first-order chi connectivity index (χ1) is 8.44. The first-order valence-electron chi connectivity index (χ1n) is 5.96. The van der Waals surface area contributed by atoms with Crippen LogP contribution < -0.4 is 5.32 Å². The van der Waals surface area contributed by atoms with Gasteiger partial charge in [-0.1, -0.05) is 23.7 Å². The smallest absolute Gasteiger partial charge is 0.126 e. The van der Waals surface area contributed by atoms with Crippen LogP contribution in [0.1, 0.15) is 25.4 Å². The first kappa shape index (κ1) is 13.1. The number of hydrogen-bond donors (Lipinski definition) is 2. The lowest BCUT2D eigenvalue weighted by Crippen LogP contribution is -2.34. The largest absolute Gasteiger partial charge is 0.344 e. The van der Waals surface area contributed by atoms with Gasteiger partial charge in [0.25, 0.3) is 0 Å². The molecule has 2 N–H and O–H groups in total. The Kier molecular flexibility index (Phi) is 3.46. The van der Waals surface area contributed by atoms with Crippen LogP contribution in [-0.2, 0) is 5.54 Å². The molecule has 0 saturated carbocycles. The van der Waals surface area contributed by atoms with Crippen LogP contribution >= 0.6 is 11.6 Å². The second-order valence-corrected chi connectivity index (χ2v) is 5.38. The summed E-state index contributed by atoms with van der Waals surface area (Å²) in [4.78, 5) is 8.02. The summed E-state index contributed by atoms with van der Waals surface area (Å²) in [6, 6.07) is 7.76. The van der Waals surface area contributed by atoms with E-state index in [0.717, 1.165) is 27.8 Å². The molecule has 0 unspecified atom stereocenters. The van der Waals surface area contributed by atoms with E-state index >= 15 is 0 Å². The lowest BCUT2D eigenvalue weighted by atomic mass is 10.1. The molecule has 0 saturated heterocycles. The number of benzene rings is 1. The summed E-state index contributed by atoms with van der Waals surface area (Å²) in [7, 11) is 1.93. The molecule has 0 aliphatic heterocycles. The molecule has 0 amide bonds. The van der Waals surface area contributed by atoms with Crippen molar-refractivity contribution >= 4 is 11.6 Å². The molecule has 0 bridgehead atoms. The third-order valence-electron chi connectivity index (χ3n) is 3.20. The third-order valence-corrected chi connectivity index (χ3v) is 3.43. The number of halogens is 1. The van der Waals surface area contributed by atoms with Crippen molar-refractivity contribution in [2.45, 2.75) is 26.3 Å². The van der Waals surface area contributed by atoms with E-state index in [1.54, 1.807) is 0 Å². The van der Waals surface area contributed by atoms with E-state index in [-0.39, 0.29) is 5.54 Å². The molecule has 1 heterocycles. The molecule has 1 aromatic heterocycles. The highest BCUT2D eigenvalue weighted by Crippen LogP contribution is 2.27. The topological polar surface area (TPSA) is 40.7 Å². The van der Waals surface area contributed by atoms with Crippen LogP contribution in [0.5, 0.6) is 0 Å². The van der Waals surface area contributed by atoms with Crippen LogP contribution in [-0.4, -0.2) is 17.0 Å². The van der Waals surface area contributed by atoms with Gasteiger partial charge in [0.05, 0.1) is 11.2 Å². The van der Waals surface area contributed by atoms with Gasteiger partial charge < -0.3 is 10.3 Å². The van der Waals surface area contributed by atoms with Gasteiger partial charge in [-0.25, -0.2) is 4.98 Å². The molecule has 2 rings (SSSR count). The van der Waals surface area contributed by atoms with E-state index in [9.17, 15) is 0 Å². The average molecular weight is 264 g/mol. The molecule has 18 heavy (non-hydrogen) atoms. The Balaban J connectivity index is 2.48. The summed E-state index contributed by atoms with van der Waals surface area (Å²) in [5.41, 5.74) is 2.86. The van der Waals surface area contributed by atoms with Crippen molar-refractivity contribution in [3.05, 3.63) is 40.8 Å². The molecule has 4 heteroatoms. The second kappa shape index (κ2) is 4.75. The number of aromatic nitrogens is 2. The molecule has 0 radical (unpaired) electrons. The number of hydrogen-bond acceptors (Lipinski definition) is 2. The van der Waals surface area contributed by atoms with Gasteiger partial charge in [-0.05, 0) is 40.0 Å². The van der Waals surface area contributed by atoms with E-state index in [1.807, 2.05) is 38.2 Å². The van der Waals surface area contributed by atoms with Crippen LogP contribution in [0.2, 0.25) is 5.02 Å². The fourth-order valence-electron chi connectivity index (χ4n) is 1.79. The Labute approximate surface area is 113 Å². The lowest BCUT2D eigenvalue weighted by Gasteiger charge is -2.20. The maximum absolute atomic E-state index is 6.02. The monoisotopic (exact) mass is 263 g/mol. The van der Waals surface area contributed by atoms with Gasteiger partial charge in [0.15, 0.2) is 0 Å². The predicted octanol–water partition coefficient (Wildman–Crippen LogP) is 3.49. The summed E-state index contributed by atoms with van der Waals surface area (Å²) >= 11 is 6.02. The fourth-order valence-corrected chi connectivity index (χ4v) is 1.98. The average Bonchev–Trinajstić information content (AvgIpc) is 2.72. The van der Waals surface area contributed by atoms with Crippen molar-refractivity contribution in [3.8, 4) is 11.3 Å². The van der Waals surface area contributed by atoms with Crippen molar-refractivity contribution in [2.24, 2.45) is 0 Å². The molecule has 0 spiro atoms. The minimum absolute atomic E-state index is 0.179. The summed E-state index contributed by atoms with van der Waals surface area (Å²) in [6.07, 6.45) is 0. The Morgan fingerprint density at radius 3 is 2.67 bits per heavy atom. The van der Waals surface area contributed by atoms with Gasteiger partial charge in [0.2, 0.25) is 0 Å². The second-order valence-electron chi connectivity index (χ2n) is 4.94. The molecule has 3 nitrogen and oxygen atoms in total. The molecule has 0 aliphatic rings. The van der Waals surface area contributed by atoms with E-state index in [1.165, 1.54) is 0 Å². The Morgan fingerprint density at radius 1 is 1.33 bits per heavy atom. The number of nitrogens with one attached hydrogen (secondary N) is 2. The van der Waals surface area contributed by atoms with Crippen LogP contribution in [0, 0.1) is 6.92 Å². The maximum Gasteiger partial charge on any atom is 0.126 e. The molecule has 0 fully saturated rings. The molecule has 96 valence electrons. The van der Waals surface area contributed by atoms with Crippen molar-refractivity contribution in [3.63, 3.8) is 0 Å². The highest BCUT2D eigenvalue weighted by atomic mass is 35.5. The molecular formula is C14H18ClN3. The number of aryl methyl sites for hydroxylation is 1. The van der Waals surface area contributed by atoms with Gasteiger partial charge in [-0.2, -0.15) is 0 Å². The zero-order valence-electron chi connectivity index (χ0n) is 11.1. The van der Waals surface area contributed by atoms with Crippen molar-refractivity contribution in [2.75, 3.05) is 7.05 Å². The lowest BCUT2D eigenvalue weighted by molar-refractivity contribution is 0.420. The zero-order chi connectivity index (χ0) is 13.3. The van der Waals surface area contributed by atoms with Gasteiger partial charge in [-0.3, -0.25) is 0 Å². The zero-order valence-corrected chi connectivity index (χ0v) is 11.9. The number of imidazole rings is 1. The normalized spacial score (nSPS) is 11.8. The number of rotatable bonds is 3. The maximum atomic E-state index is 6.02. The fraction of sp³-hybridized carbons (Fsp3) is 0.357. The van der Waals surface area contributed by atoms with E-state index in [2.05, 4.69) is 29.1 Å². The molecule has 0 aliphatic carbocycles. The highest BCUT2D eigenvalue weighted by Gasteiger charge is 2.23. The van der Waals surface area contributed by atoms with E-state index in [4.69, 9.17) is 11.6 Å². The third kappa shape index (κ3) is 2.42. The summed E-state index contributed by atoms with van der Waals surface area (Å²) in [6.45, 7) is 6.21. The quantitative estimate of drug-likeness (QED) is 0.890. The summed E-state index contributed by atoms with van der Waals surface area (Å²) in [5, 5.41) is 3.97. The van der Waals surface area contributed by atoms with Crippen molar-refractivity contribution < 1.29 is 0 Å². The predicted molar refractivity (Wildman–Crippen MR) is 75.9 cm³/mol. The summed E-state index contributed by atoms with van der Waals surface area (Å²) < 4.78 is 0. The minimum atomic E-state index is -0.179. The van der Waals surface area contributed by atoms with E-state index in [0.29, 0.717) is 0 Å². The SMILES string of the molecule is CNC(C)(C)c1nc(-c2cccc(Cl)c2)c(C)[nH]1. The first-order valence-corrected chi connectivity index (χ1v) is 6.34. The van der Waals surface area contributed by atoms with Gasteiger partial charge >= 0.3 is 0 Å². The van der Waals surface area contributed by atoms with Crippen molar-refractivity contribution in [1.82, 2.24) is 15.3 Å². The molecular weight excluding hydrogens is 246 g/mol. The Morgan fingerprint density at radius 2 is 2.06 bits per heavy atom. The van der Waals surface area contributed by atoms with Crippen LogP contribution in [0.3, 0.4) is 0 Å². The molecule has 2 aromatic rings. The number of nitrogens with zero attached hydrogens (tertiary/aromatic N) is 1. The van der Waals surface area contributed by atoms with Crippen LogP contribution in [0.4, 0.5) is 0 Å². The minimum Gasteiger partial charge on any atom is -0.344 e. The summed E-state index contributed by atoms with van der Waals surface area (Å²) in [5.74, 6) is 0.928. The molecule has 1 aromatic carbocycles. The number of aromatic amines is 1. The van der Waals surface area contributed by atoms with Crippen LogP contribution in [0.25, 0.3) is 11.3 Å². The Hall–Kier alpha value is -1.32. The van der Waals surface area contributed by atoms with E-state index < -0.39 is 0 Å². The standard InChI is InChI=1S/C14H18ClN3/c1-9-12(10-6-5-7-11(15)8-10)18-13(17-9)14(2,3)16-4/h5-8,16H,1-4H3,(H,17,18). The highest BCUT2D eigenvalue weighted by molar-refractivity contribution is 6.30. The van der Waals surface area contributed by atoms with Crippen LogP contribution in [0.15, 0.2) is 24.3 Å². The van der Waals surface area contributed by atoms with Gasteiger partial charge in [0.1, 0.15) is 5.82 Å². The van der Waals surface area contributed by atoms with Crippen molar-refractivity contribution in [1.29, 1.82) is 0 Å². The Bertz CT molecular complexity index is 558. The molecule has 0 atom stereocenters. The van der Waals surface area contributed by atoms with Gasteiger partial charge in [-0.15, -0.1) is 0 Å².